The predicted molar refractivity (Wildman–Crippen MR) is 155 cm³/mol. The summed E-state index contributed by atoms with van der Waals surface area (Å²) in [4.78, 5) is 25.5. The highest BCUT2D eigenvalue weighted by molar-refractivity contribution is 5.78. The molecular formula is C35H32O4. The molecule has 0 bridgehead atoms. The molecule has 1 aliphatic carbocycles. The van der Waals surface area contributed by atoms with Crippen molar-refractivity contribution >= 4 is 24.1 Å². The van der Waals surface area contributed by atoms with Crippen LogP contribution in [0.2, 0.25) is 0 Å². The first-order chi connectivity index (χ1) is 19.0. The normalized spacial score (nSPS) is 17.1. The lowest BCUT2D eigenvalue weighted by molar-refractivity contribution is -0.145. The van der Waals surface area contributed by atoms with Crippen molar-refractivity contribution in [2.24, 2.45) is 11.8 Å². The third kappa shape index (κ3) is 7.11. The van der Waals surface area contributed by atoms with Gasteiger partial charge in [0.2, 0.25) is 0 Å². The molecule has 0 aromatic heterocycles. The zero-order valence-electron chi connectivity index (χ0n) is 22.1. The Balaban J connectivity index is 1.08. The Morgan fingerprint density at radius 3 is 1.46 bits per heavy atom. The first kappa shape index (κ1) is 26.2. The Morgan fingerprint density at radius 2 is 0.974 bits per heavy atom. The van der Waals surface area contributed by atoms with Gasteiger partial charge >= 0.3 is 11.9 Å². The molecule has 0 saturated heterocycles. The van der Waals surface area contributed by atoms with Crippen molar-refractivity contribution in [3.05, 3.63) is 120 Å². The van der Waals surface area contributed by atoms with E-state index in [9.17, 15) is 9.59 Å². The van der Waals surface area contributed by atoms with Gasteiger partial charge < -0.3 is 9.47 Å². The Kier molecular flexibility index (Phi) is 8.33. The molecule has 1 aliphatic rings. The van der Waals surface area contributed by atoms with Crippen LogP contribution in [-0.4, -0.2) is 11.9 Å². The molecule has 0 radical (unpaired) electrons. The number of hydrogen-bond donors (Lipinski definition) is 0. The monoisotopic (exact) mass is 516 g/mol. The van der Waals surface area contributed by atoms with E-state index in [1.165, 1.54) is 5.56 Å². The summed E-state index contributed by atoms with van der Waals surface area (Å²) in [7, 11) is 0. The van der Waals surface area contributed by atoms with Gasteiger partial charge in [0, 0.05) is 0 Å². The predicted octanol–water partition coefficient (Wildman–Crippen LogP) is 8.15. The van der Waals surface area contributed by atoms with Crippen LogP contribution in [0.15, 0.2) is 103 Å². The summed E-state index contributed by atoms with van der Waals surface area (Å²) >= 11 is 0. The van der Waals surface area contributed by atoms with Crippen LogP contribution >= 0.6 is 0 Å². The van der Waals surface area contributed by atoms with Gasteiger partial charge in [-0.2, -0.15) is 0 Å². The topological polar surface area (TPSA) is 52.6 Å². The summed E-state index contributed by atoms with van der Waals surface area (Å²) in [5, 5.41) is 0. The molecule has 0 atom stereocenters. The molecule has 4 aromatic carbocycles. The van der Waals surface area contributed by atoms with E-state index in [0.29, 0.717) is 37.2 Å². The summed E-state index contributed by atoms with van der Waals surface area (Å²) in [5.74, 6) is 0.194. The number of benzene rings is 4. The van der Waals surface area contributed by atoms with Crippen molar-refractivity contribution in [1.29, 1.82) is 0 Å². The second-order valence-corrected chi connectivity index (χ2v) is 10.1. The fourth-order valence-corrected chi connectivity index (χ4v) is 4.83. The van der Waals surface area contributed by atoms with Gasteiger partial charge in [-0.3, -0.25) is 9.59 Å². The van der Waals surface area contributed by atoms with Gasteiger partial charge in [0.15, 0.2) is 0 Å². The van der Waals surface area contributed by atoms with Crippen molar-refractivity contribution < 1.29 is 19.1 Å². The molecule has 5 rings (SSSR count). The van der Waals surface area contributed by atoms with Gasteiger partial charge in [0.1, 0.15) is 11.5 Å². The van der Waals surface area contributed by atoms with E-state index in [-0.39, 0.29) is 23.8 Å². The smallest absolute Gasteiger partial charge is 0.314 e. The molecule has 1 saturated carbocycles. The Bertz CT molecular complexity index is 1410. The second-order valence-electron chi connectivity index (χ2n) is 10.1. The summed E-state index contributed by atoms with van der Waals surface area (Å²) in [6, 6.07) is 33.5. The first-order valence-corrected chi connectivity index (χ1v) is 13.5. The van der Waals surface area contributed by atoms with Crippen molar-refractivity contribution in [3.63, 3.8) is 0 Å². The van der Waals surface area contributed by atoms with E-state index in [0.717, 1.165) is 22.3 Å². The third-order valence-corrected chi connectivity index (χ3v) is 7.22. The van der Waals surface area contributed by atoms with Crippen molar-refractivity contribution in [2.45, 2.75) is 32.6 Å². The van der Waals surface area contributed by atoms with Crippen LogP contribution in [0, 0.1) is 18.8 Å². The molecule has 0 aliphatic heterocycles. The number of ether oxygens (including phenoxy) is 2. The van der Waals surface area contributed by atoms with Crippen molar-refractivity contribution in [1.82, 2.24) is 0 Å². The zero-order valence-corrected chi connectivity index (χ0v) is 22.1. The molecule has 0 unspecified atom stereocenters. The summed E-state index contributed by atoms with van der Waals surface area (Å²) in [6.07, 6.45) is 6.53. The third-order valence-electron chi connectivity index (χ3n) is 7.22. The van der Waals surface area contributed by atoms with Crippen LogP contribution in [-0.2, 0) is 9.59 Å². The van der Waals surface area contributed by atoms with Crippen LogP contribution in [0.25, 0.3) is 23.3 Å². The first-order valence-electron chi connectivity index (χ1n) is 13.5. The van der Waals surface area contributed by atoms with E-state index < -0.39 is 0 Å². The minimum atomic E-state index is -0.235. The number of rotatable bonds is 7. The minimum Gasteiger partial charge on any atom is -0.426 e. The van der Waals surface area contributed by atoms with Gasteiger partial charge in [0.25, 0.3) is 0 Å². The molecule has 0 amide bonds. The standard InChI is InChI=1S/C35H32O4/c1-25-7-13-28(14-8-25)29-19-23-33(24-20-29)39-35(37)31-17-15-30(16-18-31)34(36)38-32-21-11-27(12-22-32)10-9-26-5-3-2-4-6-26/h2-14,19-24,30-31H,15-18H2,1H3/b10-9+. The van der Waals surface area contributed by atoms with E-state index in [4.69, 9.17) is 9.47 Å². The molecule has 4 aromatic rings. The van der Waals surface area contributed by atoms with Gasteiger partial charge in [-0.15, -0.1) is 0 Å². The lowest BCUT2D eigenvalue weighted by Gasteiger charge is -2.25. The Labute approximate surface area is 229 Å². The minimum absolute atomic E-state index is 0.207. The maximum Gasteiger partial charge on any atom is 0.314 e. The van der Waals surface area contributed by atoms with Crippen molar-refractivity contribution in [2.75, 3.05) is 0 Å². The molecule has 39 heavy (non-hydrogen) atoms. The molecule has 0 N–H and O–H groups in total. The molecule has 4 nitrogen and oxygen atoms in total. The summed E-state index contributed by atoms with van der Waals surface area (Å²) in [5.41, 5.74) is 5.58. The zero-order chi connectivity index (χ0) is 27.0. The number of hydrogen-bond acceptors (Lipinski definition) is 4. The Hall–Kier alpha value is -4.44. The van der Waals surface area contributed by atoms with Gasteiger partial charge in [0.05, 0.1) is 11.8 Å². The van der Waals surface area contributed by atoms with Gasteiger partial charge in [-0.05, 0) is 79.1 Å². The molecule has 0 heterocycles. The average molecular weight is 517 g/mol. The quantitative estimate of drug-likeness (QED) is 0.141. The maximum absolute atomic E-state index is 12.8. The fraction of sp³-hybridized carbons (Fsp3) is 0.200. The molecule has 196 valence electrons. The largest absolute Gasteiger partial charge is 0.426 e. The molecule has 1 fully saturated rings. The number of carbonyl (C=O) groups is 2. The lowest BCUT2D eigenvalue weighted by atomic mass is 9.82. The number of esters is 2. The summed E-state index contributed by atoms with van der Waals surface area (Å²) in [6.45, 7) is 2.06. The van der Waals surface area contributed by atoms with Gasteiger partial charge in [-0.25, -0.2) is 0 Å². The number of carbonyl (C=O) groups excluding carboxylic acids is 2. The van der Waals surface area contributed by atoms with Gasteiger partial charge in [-0.1, -0.05) is 96.6 Å². The van der Waals surface area contributed by atoms with Crippen LogP contribution in [0.3, 0.4) is 0 Å². The maximum atomic E-state index is 12.8. The lowest BCUT2D eigenvalue weighted by Crippen LogP contribution is -2.30. The SMILES string of the molecule is Cc1ccc(-c2ccc(OC(=O)C3CCC(C(=O)Oc4ccc(/C=C/c5ccccc5)cc4)CC3)cc2)cc1. The van der Waals surface area contributed by atoms with E-state index in [1.807, 2.05) is 91.0 Å². The number of aryl methyl sites for hydroxylation is 1. The van der Waals surface area contributed by atoms with Crippen LogP contribution in [0.1, 0.15) is 42.4 Å². The van der Waals surface area contributed by atoms with E-state index in [1.54, 1.807) is 0 Å². The molecule has 4 heteroatoms. The molecule has 0 spiro atoms. The molecular weight excluding hydrogens is 484 g/mol. The van der Waals surface area contributed by atoms with E-state index >= 15 is 0 Å². The summed E-state index contributed by atoms with van der Waals surface area (Å²) < 4.78 is 11.3. The highest BCUT2D eigenvalue weighted by atomic mass is 16.5. The fourth-order valence-electron chi connectivity index (χ4n) is 4.83. The van der Waals surface area contributed by atoms with Crippen LogP contribution in [0.5, 0.6) is 11.5 Å². The Morgan fingerprint density at radius 1 is 0.564 bits per heavy atom. The second kappa shape index (κ2) is 12.4. The van der Waals surface area contributed by atoms with Crippen molar-refractivity contribution in [3.8, 4) is 22.6 Å². The van der Waals surface area contributed by atoms with E-state index in [2.05, 4.69) is 31.2 Å². The van der Waals surface area contributed by atoms with Crippen LogP contribution < -0.4 is 9.47 Å². The average Bonchev–Trinajstić information content (AvgIpc) is 2.98. The highest BCUT2D eigenvalue weighted by Gasteiger charge is 2.32. The highest BCUT2D eigenvalue weighted by Crippen LogP contribution is 2.32. The van der Waals surface area contributed by atoms with Crippen LogP contribution in [0.4, 0.5) is 0 Å².